The van der Waals surface area contributed by atoms with E-state index in [9.17, 15) is 0 Å². The van der Waals surface area contributed by atoms with Crippen molar-refractivity contribution in [2.75, 3.05) is 0 Å². The molecule has 0 aliphatic heterocycles. The van der Waals surface area contributed by atoms with Gasteiger partial charge in [-0.25, -0.2) is 0 Å². The fourth-order valence-electron chi connectivity index (χ4n) is 1.07. The van der Waals surface area contributed by atoms with E-state index in [-0.39, 0.29) is 0 Å². The molecule has 0 atom stereocenters. The van der Waals surface area contributed by atoms with Crippen LogP contribution in [0, 0.1) is 0 Å². The summed E-state index contributed by atoms with van der Waals surface area (Å²) in [6.07, 6.45) is 0. The largest absolute Gasteiger partial charge is 0.143 e. The van der Waals surface area contributed by atoms with Crippen molar-refractivity contribution in [3.8, 4) is 0 Å². The maximum Gasteiger partial charge on any atom is 0.0453 e. The zero-order chi connectivity index (χ0) is 7.84. The molecule has 58 valence electrons. The Morgan fingerprint density at radius 3 is 2.73 bits per heavy atom. The number of hydrogen-bond donors (Lipinski definition) is 0. The summed E-state index contributed by atoms with van der Waals surface area (Å²) in [6.45, 7) is 4.49. The highest BCUT2D eigenvalue weighted by atomic mass is 32.1. The Morgan fingerprint density at radius 1 is 1.27 bits per heavy atom. The summed E-state index contributed by atoms with van der Waals surface area (Å²) in [7, 11) is 0. The first kappa shape index (κ1) is 7.32. The molecule has 0 fully saturated rings. The van der Waals surface area contributed by atoms with Crippen molar-refractivity contribution in [2.24, 2.45) is 0 Å². The lowest BCUT2D eigenvalue weighted by Crippen LogP contribution is -1.77. The summed E-state index contributed by atoms with van der Waals surface area (Å²) >= 11 is 3.76. The van der Waals surface area contributed by atoms with Crippen LogP contribution in [-0.4, -0.2) is 0 Å². The highest BCUT2D eigenvalue weighted by molar-refractivity contribution is 7.26. The van der Waals surface area contributed by atoms with Crippen molar-refractivity contribution in [2.45, 2.75) is 19.8 Å². The molecule has 0 spiro atoms. The van der Waals surface area contributed by atoms with Crippen LogP contribution in [0.25, 0.3) is 9.40 Å². The molecule has 2 aromatic heterocycles. The molecule has 0 nitrogen and oxygen atoms in total. The van der Waals surface area contributed by atoms with Gasteiger partial charge in [-0.1, -0.05) is 13.8 Å². The van der Waals surface area contributed by atoms with Crippen LogP contribution in [0.5, 0.6) is 0 Å². The van der Waals surface area contributed by atoms with Crippen molar-refractivity contribution in [1.29, 1.82) is 0 Å². The van der Waals surface area contributed by atoms with E-state index in [1.165, 1.54) is 14.3 Å². The molecular weight excluding hydrogens is 172 g/mol. The molecule has 0 unspecified atom stereocenters. The van der Waals surface area contributed by atoms with Crippen molar-refractivity contribution < 1.29 is 0 Å². The second-order valence-corrected chi connectivity index (χ2v) is 5.02. The van der Waals surface area contributed by atoms with Gasteiger partial charge in [0.15, 0.2) is 0 Å². The Hall–Kier alpha value is -0.340. The zero-order valence-corrected chi connectivity index (χ0v) is 8.26. The minimum Gasteiger partial charge on any atom is -0.143 e. The fraction of sp³-hybridized carbons (Fsp3) is 0.333. The standard InChI is InChI=1S/C9H10S2/c1-6(2)8-5-9-7(11-8)3-4-10-9/h3-6H,1-2H3. The molecule has 0 aliphatic rings. The normalized spacial score (nSPS) is 11.5. The van der Waals surface area contributed by atoms with Gasteiger partial charge in [0.1, 0.15) is 0 Å². The first-order chi connectivity index (χ1) is 5.27. The molecule has 0 N–H and O–H groups in total. The van der Waals surface area contributed by atoms with Gasteiger partial charge in [-0.15, -0.1) is 22.7 Å². The molecule has 2 rings (SSSR count). The number of thiophene rings is 2. The van der Waals surface area contributed by atoms with Crippen LogP contribution in [0.1, 0.15) is 24.6 Å². The summed E-state index contributed by atoms with van der Waals surface area (Å²) in [5.74, 6) is 0.680. The lowest BCUT2D eigenvalue weighted by Gasteiger charge is -1.96. The van der Waals surface area contributed by atoms with Crippen LogP contribution in [-0.2, 0) is 0 Å². The first-order valence-electron chi connectivity index (χ1n) is 3.74. The van der Waals surface area contributed by atoms with Gasteiger partial charge in [-0.3, -0.25) is 0 Å². The Morgan fingerprint density at radius 2 is 2.09 bits per heavy atom. The zero-order valence-electron chi connectivity index (χ0n) is 6.63. The topological polar surface area (TPSA) is 0 Å². The van der Waals surface area contributed by atoms with E-state index in [0.29, 0.717) is 5.92 Å². The summed E-state index contributed by atoms with van der Waals surface area (Å²) in [6, 6.07) is 4.52. The smallest absolute Gasteiger partial charge is 0.0453 e. The molecule has 2 heterocycles. The van der Waals surface area contributed by atoms with Crippen LogP contribution < -0.4 is 0 Å². The van der Waals surface area contributed by atoms with Gasteiger partial charge in [0.25, 0.3) is 0 Å². The van der Waals surface area contributed by atoms with E-state index in [1.807, 2.05) is 22.7 Å². The summed E-state index contributed by atoms with van der Waals surface area (Å²) in [5.41, 5.74) is 0. The van der Waals surface area contributed by atoms with Gasteiger partial charge in [-0.05, 0) is 23.4 Å². The third-order valence-electron chi connectivity index (χ3n) is 1.73. The molecule has 11 heavy (non-hydrogen) atoms. The molecule has 2 heteroatoms. The van der Waals surface area contributed by atoms with E-state index in [0.717, 1.165) is 0 Å². The maximum atomic E-state index is 2.31. The van der Waals surface area contributed by atoms with Gasteiger partial charge in [0.05, 0.1) is 0 Å². The van der Waals surface area contributed by atoms with Crippen LogP contribution in [0.4, 0.5) is 0 Å². The summed E-state index contributed by atoms with van der Waals surface area (Å²) in [5, 5.41) is 2.16. The predicted octanol–water partition coefficient (Wildman–Crippen LogP) is 4.09. The quantitative estimate of drug-likeness (QED) is 0.623. The van der Waals surface area contributed by atoms with E-state index >= 15 is 0 Å². The maximum absolute atomic E-state index is 2.31. The minimum atomic E-state index is 0.680. The number of hydrogen-bond acceptors (Lipinski definition) is 2. The predicted molar refractivity (Wildman–Crippen MR) is 53.8 cm³/mol. The molecule has 0 aliphatic carbocycles. The highest BCUT2D eigenvalue weighted by Crippen LogP contribution is 2.33. The van der Waals surface area contributed by atoms with Crippen molar-refractivity contribution in [1.82, 2.24) is 0 Å². The van der Waals surface area contributed by atoms with Crippen LogP contribution >= 0.6 is 22.7 Å². The van der Waals surface area contributed by atoms with Gasteiger partial charge < -0.3 is 0 Å². The summed E-state index contributed by atoms with van der Waals surface area (Å²) < 4.78 is 2.89. The van der Waals surface area contributed by atoms with E-state index in [1.54, 1.807) is 0 Å². The Labute approximate surface area is 74.5 Å². The lowest BCUT2D eigenvalue weighted by atomic mass is 10.2. The third kappa shape index (κ3) is 1.21. The van der Waals surface area contributed by atoms with Gasteiger partial charge in [0.2, 0.25) is 0 Å². The molecule has 0 bridgehead atoms. The van der Waals surface area contributed by atoms with E-state index < -0.39 is 0 Å². The molecule has 0 radical (unpaired) electrons. The van der Waals surface area contributed by atoms with E-state index in [4.69, 9.17) is 0 Å². The summed E-state index contributed by atoms with van der Waals surface area (Å²) in [4.78, 5) is 1.51. The molecule has 0 saturated heterocycles. The number of rotatable bonds is 1. The molecule has 2 aromatic rings. The van der Waals surface area contributed by atoms with Gasteiger partial charge in [0, 0.05) is 14.3 Å². The van der Waals surface area contributed by atoms with Gasteiger partial charge in [-0.2, -0.15) is 0 Å². The number of fused-ring (bicyclic) bond motifs is 1. The molecule has 0 aromatic carbocycles. The second kappa shape index (κ2) is 2.61. The average molecular weight is 182 g/mol. The second-order valence-electron chi connectivity index (χ2n) is 2.95. The SMILES string of the molecule is CC(C)c1cc2sccc2s1. The van der Waals surface area contributed by atoms with Crippen LogP contribution in [0.2, 0.25) is 0 Å². The molecule has 0 amide bonds. The van der Waals surface area contributed by atoms with Crippen LogP contribution in [0.3, 0.4) is 0 Å². The van der Waals surface area contributed by atoms with Crippen molar-refractivity contribution in [3.63, 3.8) is 0 Å². The minimum absolute atomic E-state index is 0.680. The van der Waals surface area contributed by atoms with Crippen LogP contribution in [0.15, 0.2) is 17.5 Å². The molecular formula is C9H10S2. The van der Waals surface area contributed by atoms with E-state index in [2.05, 4.69) is 31.4 Å². The van der Waals surface area contributed by atoms with Crippen molar-refractivity contribution >= 4 is 32.1 Å². The first-order valence-corrected chi connectivity index (χ1v) is 5.44. The molecule has 0 saturated carbocycles. The lowest BCUT2D eigenvalue weighted by molar-refractivity contribution is 0.891. The Balaban J connectivity index is 2.58. The fourth-order valence-corrected chi connectivity index (χ4v) is 3.19. The van der Waals surface area contributed by atoms with Gasteiger partial charge >= 0.3 is 0 Å². The monoisotopic (exact) mass is 182 g/mol. The average Bonchev–Trinajstić information content (AvgIpc) is 2.40. The van der Waals surface area contributed by atoms with Crippen molar-refractivity contribution in [3.05, 3.63) is 22.4 Å². The highest BCUT2D eigenvalue weighted by Gasteiger charge is 2.04. The Bertz CT molecular complexity index is 326. The third-order valence-corrected chi connectivity index (χ3v) is 4.12. The Kier molecular flexibility index (Phi) is 1.74.